The molecule has 0 saturated heterocycles. The average molecular weight is 520 g/mol. The summed E-state index contributed by atoms with van der Waals surface area (Å²) < 4.78 is 5.57. The summed E-state index contributed by atoms with van der Waals surface area (Å²) in [4.78, 5) is 34.0. The van der Waals surface area contributed by atoms with Gasteiger partial charge in [0, 0.05) is 48.2 Å². The summed E-state index contributed by atoms with van der Waals surface area (Å²) in [5.74, 6) is 0.996. The quantitative estimate of drug-likeness (QED) is 0.299. The number of aromatic nitrogens is 1. The van der Waals surface area contributed by atoms with Gasteiger partial charge in [-0.1, -0.05) is 64.1 Å². The Bertz CT molecular complexity index is 1210. The number of aromatic amines is 1. The van der Waals surface area contributed by atoms with Crippen molar-refractivity contribution < 1.29 is 14.3 Å². The van der Waals surface area contributed by atoms with Gasteiger partial charge in [-0.3, -0.25) is 9.59 Å². The smallest absolute Gasteiger partial charge is 0.242 e. The van der Waals surface area contributed by atoms with Crippen molar-refractivity contribution >= 4 is 22.7 Å². The lowest BCUT2D eigenvalue weighted by Crippen LogP contribution is -2.46. The summed E-state index contributed by atoms with van der Waals surface area (Å²) in [6, 6.07) is 15.9. The fraction of sp³-hybridized carbons (Fsp3) is 0.500. The van der Waals surface area contributed by atoms with Gasteiger partial charge in [0.1, 0.15) is 5.75 Å². The van der Waals surface area contributed by atoms with Gasteiger partial charge < -0.3 is 19.5 Å². The van der Waals surface area contributed by atoms with E-state index >= 15 is 0 Å². The molecule has 0 aliphatic rings. The monoisotopic (exact) mass is 519 g/mol. The van der Waals surface area contributed by atoms with Crippen molar-refractivity contribution in [2.45, 2.75) is 73.4 Å². The molecule has 1 atom stereocenters. The number of para-hydroxylation sites is 2. The lowest BCUT2D eigenvalue weighted by atomic mass is 9.84. The molecule has 0 saturated carbocycles. The van der Waals surface area contributed by atoms with Gasteiger partial charge in [0.2, 0.25) is 11.8 Å². The van der Waals surface area contributed by atoms with Crippen molar-refractivity contribution in [2.24, 2.45) is 11.3 Å². The van der Waals surface area contributed by atoms with E-state index in [0.717, 1.165) is 23.3 Å². The highest BCUT2D eigenvalue weighted by Crippen LogP contribution is 2.27. The molecule has 6 nitrogen and oxygen atoms in total. The maximum atomic E-state index is 13.8. The van der Waals surface area contributed by atoms with Crippen LogP contribution in [0.2, 0.25) is 0 Å². The zero-order valence-corrected chi connectivity index (χ0v) is 24.2. The van der Waals surface area contributed by atoms with Crippen molar-refractivity contribution in [3.63, 3.8) is 0 Å². The van der Waals surface area contributed by atoms with Crippen LogP contribution in [0.3, 0.4) is 0 Å². The molecule has 1 heterocycles. The molecule has 1 aromatic heterocycles. The van der Waals surface area contributed by atoms with E-state index in [2.05, 4.69) is 44.8 Å². The minimum absolute atomic E-state index is 0.0407. The second-order valence-corrected chi connectivity index (χ2v) is 11.9. The zero-order chi connectivity index (χ0) is 27.9. The van der Waals surface area contributed by atoms with Crippen molar-refractivity contribution in [3.05, 3.63) is 65.9 Å². The number of hydrogen-bond acceptors (Lipinski definition) is 3. The number of fused-ring (bicyclic) bond motifs is 1. The molecule has 206 valence electrons. The maximum Gasteiger partial charge on any atom is 0.242 e. The van der Waals surface area contributed by atoms with Gasteiger partial charge in [-0.05, 0) is 55.7 Å². The molecule has 0 aliphatic heterocycles. The average Bonchev–Trinajstić information content (AvgIpc) is 3.26. The lowest BCUT2D eigenvalue weighted by molar-refractivity contribution is -0.143. The molecule has 3 rings (SSSR count). The summed E-state index contributed by atoms with van der Waals surface area (Å²) in [6.07, 6.45) is 4.15. The number of methoxy groups -OCH3 is 1. The predicted molar refractivity (Wildman–Crippen MR) is 155 cm³/mol. The molecular weight excluding hydrogens is 474 g/mol. The van der Waals surface area contributed by atoms with Gasteiger partial charge in [0.25, 0.3) is 0 Å². The standard InChI is InChI=1S/C32H45N3O3/c1-23(2)35(30(36)18-24(3)19-32(4,5)6)22-31(37)34(21-26-12-8-11-15-29(26)38-7)17-16-25-20-33-28-14-10-9-13-27(25)28/h8-15,20,23-24,33H,16-19,21-22H2,1-7H3/t24-/m0/s1. The number of H-pyrrole nitrogens is 1. The van der Waals surface area contributed by atoms with Crippen molar-refractivity contribution in [1.82, 2.24) is 14.8 Å². The first-order valence-corrected chi connectivity index (χ1v) is 13.7. The Balaban J connectivity index is 1.79. The minimum Gasteiger partial charge on any atom is -0.496 e. The van der Waals surface area contributed by atoms with Crippen LogP contribution in [0.25, 0.3) is 10.9 Å². The van der Waals surface area contributed by atoms with E-state index < -0.39 is 0 Å². The van der Waals surface area contributed by atoms with Gasteiger partial charge >= 0.3 is 0 Å². The van der Waals surface area contributed by atoms with Gasteiger partial charge in [-0.25, -0.2) is 0 Å². The molecule has 0 spiro atoms. The molecule has 1 N–H and O–H groups in total. The fourth-order valence-electron chi connectivity index (χ4n) is 5.26. The summed E-state index contributed by atoms with van der Waals surface area (Å²) >= 11 is 0. The van der Waals surface area contributed by atoms with Crippen LogP contribution in [0, 0.1) is 11.3 Å². The molecule has 3 aromatic rings. The number of nitrogens with one attached hydrogen (secondary N) is 1. The topological polar surface area (TPSA) is 65.6 Å². The van der Waals surface area contributed by atoms with Gasteiger partial charge in [0.05, 0.1) is 13.7 Å². The molecule has 0 unspecified atom stereocenters. The molecule has 0 radical (unpaired) electrons. The molecule has 2 amide bonds. The Morgan fingerprint density at radius 1 is 0.947 bits per heavy atom. The van der Waals surface area contributed by atoms with E-state index in [1.54, 1.807) is 12.0 Å². The molecule has 6 heteroatoms. The van der Waals surface area contributed by atoms with E-state index in [-0.39, 0.29) is 35.7 Å². The Hall–Kier alpha value is -3.28. The van der Waals surface area contributed by atoms with Crippen LogP contribution < -0.4 is 4.74 Å². The number of nitrogens with zero attached hydrogens (tertiary/aromatic N) is 2. The van der Waals surface area contributed by atoms with E-state index in [1.165, 1.54) is 10.9 Å². The number of benzene rings is 2. The lowest BCUT2D eigenvalue weighted by Gasteiger charge is -2.32. The number of ether oxygens (including phenoxy) is 1. The third-order valence-electron chi connectivity index (χ3n) is 6.97. The summed E-state index contributed by atoms with van der Waals surface area (Å²) in [5.41, 5.74) is 3.37. The summed E-state index contributed by atoms with van der Waals surface area (Å²) in [5, 5.41) is 1.17. The van der Waals surface area contributed by atoms with Crippen molar-refractivity contribution in [3.8, 4) is 5.75 Å². The molecule has 0 bridgehead atoms. The number of carbonyl (C=O) groups is 2. The number of hydrogen-bond donors (Lipinski definition) is 1. The van der Waals surface area contributed by atoms with Crippen LogP contribution >= 0.6 is 0 Å². The Morgan fingerprint density at radius 2 is 1.63 bits per heavy atom. The van der Waals surface area contributed by atoms with E-state index in [0.29, 0.717) is 25.9 Å². The van der Waals surface area contributed by atoms with Crippen LogP contribution in [0.4, 0.5) is 0 Å². The molecule has 0 aliphatic carbocycles. The highest BCUT2D eigenvalue weighted by atomic mass is 16.5. The highest BCUT2D eigenvalue weighted by molar-refractivity contribution is 5.86. The third kappa shape index (κ3) is 8.11. The fourth-order valence-corrected chi connectivity index (χ4v) is 5.26. The van der Waals surface area contributed by atoms with Gasteiger partial charge in [-0.2, -0.15) is 0 Å². The normalized spacial score (nSPS) is 12.5. The van der Waals surface area contributed by atoms with Crippen LogP contribution in [0.1, 0.15) is 65.5 Å². The van der Waals surface area contributed by atoms with Gasteiger partial charge in [0.15, 0.2) is 0 Å². The second-order valence-electron chi connectivity index (χ2n) is 11.9. The Kier molecular flexibility index (Phi) is 10.0. The first-order valence-electron chi connectivity index (χ1n) is 13.7. The predicted octanol–water partition coefficient (Wildman–Crippen LogP) is 6.45. The Labute approximate surface area is 228 Å². The third-order valence-corrected chi connectivity index (χ3v) is 6.97. The second kappa shape index (κ2) is 13.0. The SMILES string of the molecule is COc1ccccc1CN(CCc1c[nH]c2ccccc12)C(=O)CN(C(=O)C[C@H](C)CC(C)(C)C)C(C)C. The summed E-state index contributed by atoms with van der Waals surface area (Å²) in [6.45, 7) is 13.7. The summed E-state index contributed by atoms with van der Waals surface area (Å²) in [7, 11) is 1.65. The maximum absolute atomic E-state index is 13.8. The first-order chi connectivity index (χ1) is 18.0. The van der Waals surface area contributed by atoms with Crippen LogP contribution in [0.15, 0.2) is 54.7 Å². The highest BCUT2D eigenvalue weighted by Gasteiger charge is 2.26. The molecular formula is C32H45N3O3. The Morgan fingerprint density at radius 3 is 2.32 bits per heavy atom. The van der Waals surface area contributed by atoms with Crippen LogP contribution in [0.5, 0.6) is 5.75 Å². The largest absolute Gasteiger partial charge is 0.496 e. The van der Waals surface area contributed by atoms with Crippen molar-refractivity contribution in [1.29, 1.82) is 0 Å². The zero-order valence-electron chi connectivity index (χ0n) is 24.2. The van der Waals surface area contributed by atoms with Crippen molar-refractivity contribution in [2.75, 3.05) is 20.2 Å². The molecule has 2 aromatic carbocycles. The molecule has 0 fully saturated rings. The number of rotatable bonds is 12. The van der Waals surface area contributed by atoms with Gasteiger partial charge in [-0.15, -0.1) is 0 Å². The van der Waals surface area contributed by atoms with E-state index in [4.69, 9.17) is 4.74 Å². The van der Waals surface area contributed by atoms with E-state index in [1.807, 2.05) is 61.3 Å². The van der Waals surface area contributed by atoms with Crippen LogP contribution in [-0.2, 0) is 22.6 Å². The number of amides is 2. The number of carbonyl (C=O) groups excluding carboxylic acids is 2. The molecule has 38 heavy (non-hydrogen) atoms. The first kappa shape index (κ1) is 29.3. The van der Waals surface area contributed by atoms with E-state index in [9.17, 15) is 9.59 Å². The van der Waals surface area contributed by atoms with Crippen LogP contribution in [-0.4, -0.2) is 52.8 Å². The minimum atomic E-state index is -0.0602.